The summed E-state index contributed by atoms with van der Waals surface area (Å²) in [5.41, 5.74) is 1.00. The first-order chi connectivity index (χ1) is 11.8. The second-order valence-corrected chi connectivity index (χ2v) is 5.04. The van der Waals surface area contributed by atoms with Gasteiger partial charge >= 0.3 is 12.1 Å². The molecule has 0 radical (unpaired) electrons. The predicted molar refractivity (Wildman–Crippen MR) is 75.8 cm³/mol. The topological polar surface area (TPSA) is 73.9 Å². The summed E-state index contributed by atoms with van der Waals surface area (Å²) < 4.78 is 61.1. The maximum Gasteiger partial charge on any atom is 0.471 e. The van der Waals surface area contributed by atoms with Crippen LogP contribution in [0.15, 0.2) is 35.0 Å². The van der Waals surface area contributed by atoms with Gasteiger partial charge in [-0.1, -0.05) is 11.2 Å². The van der Waals surface area contributed by atoms with Crippen LogP contribution in [0.4, 0.5) is 17.6 Å². The number of hydrogen-bond acceptors (Lipinski definition) is 6. The second-order valence-electron chi connectivity index (χ2n) is 5.04. The summed E-state index contributed by atoms with van der Waals surface area (Å²) in [6, 6.07) is 5.56. The van der Waals surface area contributed by atoms with E-state index in [1.807, 2.05) is 0 Å². The van der Waals surface area contributed by atoms with E-state index in [1.165, 1.54) is 18.3 Å². The monoisotopic (exact) mass is 354 g/mol. The molecule has 0 bridgehead atoms. The normalized spacial score (nSPS) is 11.6. The lowest BCUT2D eigenvalue weighted by molar-refractivity contribution is -0.159. The Balaban J connectivity index is 1.77. The van der Waals surface area contributed by atoms with E-state index < -0.39 is 23.7 Å². The summed E-state index contributed by atoms with van der Waals surface area (Å²) in [7, 11) is 0. The van der Waals surface area contributed by atoms with Gasteiger partial charge < -0.3 is 9.26 Å². The molecule has 0 spiro atoms. The summed E-state index contributed by atoms with van der Waals surface area (Å²) in [5.74, 6) is -2.51. The molecule has 0 aliphatic heterocycles. The Hall–Kier alpha value is -3.04. The van der Waals surface area contributed by atoms with Gasteiger partial charge in [-0.3, -0.25) is 0 Å². The summed E-state index contributed by atoms with van der Waals surface area (Å²) in [6.07, 6.45) is -3.28. The maximum atomic E-state index is 14.2. The predicted octanol–water partition coefficient (Wildman–Crippen LogP) is 3.57. The third-order valence-electron chi connectivity index (χ3n) is 3.20. The van der Waals surface area contributed by atoms with Gasteiger partial charge in [0.05, 0.1) is 11.8 Å². The smallest absolute Gasteiger partial charge is 0.471 e. The van der Waals surface area contributed by atoms with E-state index in [0.29, 0.717) is 11.4 Å². The van der Waals surface area contributed by atoms with E-state index in [-0.39, 0.29) is 12.2 Å². The first-order valence-corrected chi connectivity index (χ1v) is 6.95. The molecule has 25 heavy (non-hydrogen) atoms. The summed E-state index contributed by atoms with van der Waals surface area (Å²) in [6.45, 7) is 1.79. The highest BCUT2D eigenvalue weighted by atomic mass is 19.4. The molecule has 2 aromatic heterocycles. The zero-order valence-electron chi connectivity index (χ0n) is 12.7. The number of aryl methyl sites for hydroxylation is 1. The molecule has 0 atom stereocenters. The van der Waals surface area contributed by atoms with Gasteiger partial charge in [-0.05, 0) is 30.7 Å². The van der Waals surface area contributed by atoms with Gasteiger partial charge in [0.25, 0.3) is 0 Å². The number of ether oxygens (including phenoxy) is 1. The molecule has 0 aliphatic rings. The summed E-state index contributed by atoms with van der Waals surface area (Å²) in [4.78, 5) is 3.16. The Morgan fingerprint density at radius 2 is 2.00 bits per heavy atom. The minimum atomic E-state index is -4.79. The van der Waals surface area contributed by atoms with Crippen molar-refractivity contribution < 1.29 is 26.8 Å². The van der Waals surface area contributed by atoms with Crippen molar-refractivity contribution in [1.82, 2.24) is 20.3 Å². The molecule has 1 aromatic carbocycles. The van der Waals surface area contributed by atoms with E-state index in [0.717, 1.165) is 11.6 Å². The average molecular weight is 354 g/mol. The van der Waals surface area contributed by atoms with Gasteiger partial charge in [0.15, 0.2) is 0 Å². The molecular weight excluding hydrogens is 344 g/mol. The number of rotatable bonds is 4. The van der Waals surface area contributed by atoms with Crippen molar-refractivity contribution in [3.05, 3.63) is 53.3 Å². The summed E-state index contributed by atoms with van der Waals surface area (Å²) in [5, 5.41) is 10.6. The lowest BCUT2D eigenvalue weighted by Gasteiger charge is -2.07. The minimum absolute atomic E-state index is 0.0107. The third kappa shape index (κ3) is 3.73. The quantitative estimate of drug-likeness (QED) is 0.667. The van der Waals surface area contributed by atoms with Crippen molar-refractivity contribution in [2.75, 3.05) is 0 Å². The first-order valence-electron chi connectivity index (χ1n) is 6.95. The highest BCUT2D eigenvalue weighted by molar-refractivity contribution is 5.55. The van der Waals surface area contributed by atoms with Crippen molar-refractivity contribution in [2.45, 2.75) is 19.7 Å². The lowest BCUT2D eigenvalue weighted by Crippen LogP contribution is -2.05. The Bertz CT molecular complexity index is 895. The van der Waals surface area contributed by atoms with Crippen LogP contribution in [0.5, 0.6) is 5.88 Å². The summed E-state index contributed by atoms with van der Waals surface area (Å²) >= 11 is 0. The van der Waals surface area contributed by atoms with Crippen molar-refractivity contribution in [2.24, 2.45) is 0 Å². The molecule has 0 fully saturated rings. The molecule has 10 heteroatoms. The average Bonchev–Trinajstić information content (AvgIpc) is 3.04. The van der Waals surface area contributed by atoms with Crippen LogP contribution < -0.4 is 4.74 Å². The molecule has 2 heterocycles. The Morgan fingerprint density at radius 3 is 2.64 bits per heavy atom. The molecule has 6 nitrogen and oxygen atoms in total. The standard InChI is InChI=1S/C15H10F4N4O2/c1-8-4-5-20-22-13(8)24-7-9-2-3-10(11(16)6-9)12-21-14(25-23-12)15(17,18)19/h2-6H,7H2,1H3. The van der Waals surface area contributed by atoms with Gasteiger partial charge in [0.1, 0.15) is 12.4 Å². The second kappa shape index (κ2) is 6.46. The van der Waals surface area contributed by atoms with Crippen molar-refractivity contribution in [1.29, 1.82) is 0 Å². The van der Waals surface area contributed by atoms with Crippen molar-refractivity contribution >= 4 is 0 Å². The number of halogens is 4. The van der Waals surface area contributed by atoms with Crippen LogP contribution in [0.25, 0.3) is 11.4 Å². The van der Waals surface area contributed by atoms with Crippen LogP contribution in [0.2, 0.25) is 0 Å². The van der Waals surface area contributed by atoms with Crippen LogP contribution >= 0.6 is 0 Å². The Kier molecular flexibility index (Phi) is 4.34. The first kappa shape index (κ1) is 16.8. The molecule has 0 saturated carbocycles. The Morgan fingerprint density at radius 1 is 1.20 bits per heavy atom. The van der Waals surface area contributed by atoms with Crippen LogP contribution in [0.1, 0.15) is 17.0 Å². The number of nitrogens with zero attached hydrogens (tertiary/aromatic N) is 4. The number of hydrogen-bond donors (Lipinski definition) is 0. The molecule has 130 valence electrons. The van der Waals surface area contributed by atoms with Crippen LogP contribution in [0, 0.1) is 12.7 Å². The van der Waals surface area contributed by atoms with Crippen molar-refractivity contribution in [3.63, 3.8) is 0 Å². The minimum Gasteiger partial charge on any atom is -0.472 e. The zero-order valence-corrected chi connectivity index (χ0v) is 12.7. The number of alkyl halides is 3. The molecule has 0 aliphatic carbocycles. The van der Waals surface area contributed by atoms with E-state index >= 15 is 0 Å². The zero-order chi connectivity index (χ0) is 18.0. The van der Waals surface area contributed by atoms with Crippen LogP contribution in [-0.4, -0.2) is 20.3 Å². The fourth-order valence-electron chi connectivity index (χ4n) is 1.95. The van der Waals surface area contributed by atoms with Crippen LogP contribution in [0.3, 0.4) is 0 Å². The van der Waals surface area contributed by atoms with Crippen molar-refractivity contribution in [3.8, 4) is 17.3 Å². The molecule has 0 N–H and O–H groups in total. The maximum absolute atomic E-state index is 14.2. The molecule has 3 rings (SSSR count). The largest absolute Gasteiger partial charge is 0.472 e. The fourth-order valence-corrected chi connectivity index (χ4v) is 1.95. The molecule has 0 saturated heterocycles. The van der Waals surface area contributed by atoms with E-state index in [1.54, 1.807) is 13.0 Å². The SMILES string of the molecule is Cc1ccnnc1OCc1ccc(-c2noc(C(F)(F)F)n2)c(F)c1. The fraction of sp³-hybridized carbons (Fsp3) is 0.200. The van der Waals surface area contributed by atoms with E-state index in [2.05, 4.69) is 24.9 Å². The van der Waals surface area contributed by atoms with E-state index in [4.69, 9.17) is 4.74 Å². The van der Waals surface area contributed by atoms with Gasteiger partial charge in [0, 0.05) is 5.56 Å². The highest BCUT2D eigenvalue weighted by Crippen LogP contribution is 2.30. The highest BCUT2D eigenvalue weighted by Gasteiger charge is 2.38. The molecule has 0 amide bonds. The van der Waals surface area contributed by atoms with Gasteiger partial charge in [-0.25, -0.2) is 4.39 Å². The molecule has 3 aromatic rings. The van der Waals surface area contributed by atoms with Gasteiger partial charge in [-0.15, -0.1) is 5.10 Å². The molecular formula is C15H10F4N4O2. The Labute approximate surface area is 138 Å². The number of benzene rings is 1. The number of aromatic nitrogens is 4. The van der Waals surface area contributed by atoms with Gasteiger partial charge in [-0.2, -0.15) is 23.3 Å². The van der Waals surface area contributed by atoms with E-state index in [9.17, 15) is 17.6 Å². The van der Waals surface area contributed by atoms with Gasteiger partial charge in [0.2, 0.25) is 11.7 Å². The molecule has 0 unspecified atom stereocenters. The third-order valence-corrected chi connectivity index (χ3v) is 3.20. The lowest BCUT2D eigenvalue weighted by atomic mass is 10.1. The van der Waals surface area contributed by atoms with Crippen LogP contribution in [-0.2, 0) is 12.8 Å².